The number of nitriles is 1. The first kappa shape index (κ1) is 12.0. The van der Waals surface area contributed by atoms with E-state index >= 15 is 0 Å². The van der Waals surface area contributed by atoms with E-state index in [1.807, 2.05) is 4.90 Å². The minimum atomic E-state index is -0.418. The fraction of sp³-hybridized carbons (Fsp3) is 0.462. The number of aliphatic hydroxyl groups excluding tert-OH is 1. The van der Waals surface area contributed by atoms with Gasteiger partial charge in [-0.3, -0.25) is 4.90 Å². The minimum absolute atomic E-state index is 0.266. The Kier molecular flexibility index (Phi) is 3.72. The first-order chi connectivity index (χ1) is 8.20. The molecule has 1 N–H and O–H groups in total. The Morgan fingerprint density at radius 1 is 1.41 bits per heavy atom. The highest BCUT2D eigenvalue weighted by atomic mass is 19.1. The summed E-state index contributed by atoms with van der Waals surface area (Å²) >= 11 is 0. The summed E-state index contributed by atoms with van der Waals surface area (Å²) in [4.78, 5) is 1.99. The van der Waals surface area contributed by atoms with Crippen LogP contribution in [-0.2, 0) is 0 Å². The fourth-order valence-corrected chi connectivity index (χ4v) is 2.19. The van der Waals surface area contributed by atoms with Gasteiger partial charge >= 0.3 is 0 Å². The predicted molar refractivity (Wildman–Crippen MR) is 61.6 cm³/mol. The van der Waals surface area contributed by atoms with Crippen LogP contribution in [0.15, 0.2) is 24.3 Å². The van der Waals surface area contributed by atoms with Crippen molar-refractivity contribution in [1.29, 1.82) is 5.26 Å². The van der Waals surface area contributed by atoms with Crippen LogP contribution in [0.5, 0.6) is 0 Å². The van der Waals surface area contributed by atoms with Crippen molar-refractivity contribution in [3.05, 3.63) is 35.6 Å². The molecule has 0 bridgehead atoms. The second-order valence-electron chi connectivity index (χ2n) is 4.35. The maximum absolute atomic E-state index is 13.1. The van der Waals surface area contributed by atoms with E-state index < -0.39 is 6.04 Å². The van der Waals surface area contributed by atoms with Crippen LogP contribution in [0.4, 0.5) is 4.39 Å². The van der Waals surface area contributed by atoms with E-state index in [0.29, 0.717) is 31.5 Å². The maximum atomic E-state index is 13.1. The topological polar surface area (TPSA) is 47.3 Å². The smallest absolute Gasteiger partial charge is 0.123 e. The summed E-state index contributed by atoms with van der Waals surface area (Å²) in [5, 5.41) is 18.6. The molecule has 90 valence electrons. The van der Waals surface area contributed by atoms with Crippen molar-refractivity contribution in [2.75, 3.05) is 13.1 Å². The molecular weight excluding hydrogens is 219 g/mol. The molecule has 1 aromatic carbocycles. The van der Waals surface area contributed by atoms with E-state index in [-0.39, 0.29) is 11.9 Å². The lowest BCUT2D eigenvalue weighted by Gasteiger charge is -2.32. The van der Waals surface area contributed by atoms with E-state index in [0.717, 1.165) is 0 Å². The molecule has 0 saturated carbocycles. The van der Waals surface area contributed by atoms with E-state index in [2.05, 4.69) is 6.07 Å². The van der Waals surface area contributed by atoms with Gasteiger partial charge in [-0.25, -0.2) is 4.39 Å². The van der Waals surface area contributed by atoms with Gasteiger partial charge in [0.2, 0.25) is 0 Å². The van der Waals surface area contributed by atoms with Crippen LogP contribution in [-0.4, -0.2) is 29.2 Å². The summed E-state index contributed by atoms with van der Waals surface area (Å²) in [6.07, 6.45) is 1.08. The summed E-state index contributed by atoms with van der Waals surface area (Å²) in [7, 11) is 0. The molecule has 1 saturated heterocycles. The second kappa shape index (κ2) is 5.26. The molecular formula is C13H15FN2O. The fourth-order valence-electron chi connectivity index (χ4n) is 2.19. The predicted octanol–water partition coefficient (Wildman–Crippen LogP) is 1.85. The Balaban J connectivity index is 2.14. The van der Waals surface area contributed by atoms with Crippen LogP contribution in [0.2, 0.25) is 0 Å². The number of benzene rings is 1. The van der Waals surface area contributed by atoms with E-state index in [1.54, 1.807) is 12.1 Å². The number of rotatable bonds is 2. The maximum Gasteiger partial charge on any atom is 0.123 e. The molecule has 3 nitrogen and oxygen atoms in total. The van der Waals surface area contributed by atoms with Crippen LogP contribution in [0, 0.1) is 17.1 Å². The number of nitrogens with zero attached hydrogens (tertiary/aromatic N) is 2. The molecule has 0 spiro atoms. The van der Waals surface area contributed by atoms with Gasteiger partial charge < -0.3 is 5.11 Å². The lowest BCUT2D eigenvalue weighted by molar-refractivity contribution is 0.0716. The van der Waals surface area contributed by atoms with Crippen LogP contribution in [0.3, 0.4) is 0 Å². The van der Waals surface area contributed by atoms with Crippen molar-refractivity contribution in [2.45, 2.75) is 25.0 Å². The number of aliphatic hydroxyl groups is 1. The summed E-state index contributed by atoms with van der Waals surface area (Å²) < 4.78 is 13.1. The molecule has 0 radical (unpaired) electrons. The van der Waals surface area contributed by atoms with Crippen molar-refractivity contribution >= 4 is 0 Å². The molecule has 1 atom stereocenters. The number of halogens is 1. The van der Waals surface area contributed by atoms with Gasteiger partial charge in [0.15, 0.2) is 0 Å². The Morgan fingerprint density at radius 3 is 2.71 bits per heavy atom. The first-order valence-corrected chi connectivity index (χ1v) is 5.78. The minimum Gasteiger partial charge on any atom is -0.393 e. The third-order valence-electron chi connectivity index (χ3n) is 3.15. The lowest BCUT2D eigenvalue weighted by Crippen LogP contribution is -2.38. The first-order valence-electron chi connectivity index (χ1n) is 5.78. The van der Waals surface area contributed by atoms with Gasteiger partial charge in [-0.1, -0.05) is 12.1 Å². The van der Waals surface area contributed by atoms with Gasteiger partial charge in [-0.2, -0.15) is 5.26 Å². The molecule has 1 heterocycles. The van der Waals surface area contributed by atoms with Crippen LogP contribution < -0.4 is 0 Å². The Morgan fingerprint density at radius 2 is 2.12 bits per heavy atom. The average molecular weight is 234 g/mol. The van der Waals surface area contributed by atoms with Crippen molar-refractivity contribution < 1.29 is 9.50 Å². The van der Waals surface area contributed by atoms with Crippen LogP contribution >= 0.6 is 0 Å². The number of hydrogen-bond acceptors (Lipinski definition) is 3. The van der Waals surface area contributed by atoms with Gasteiger partial charge in [-0.15, -0.1) is 0 Å². The molecule has 1 aliphatic heterocycles. The third-order valence-corrected chi connectivity index (χ3v) is 3.15. The summed E-state index contributed by atoms with van der Waals surface area (Å²) in [6.45, 7) is 1.35. The number of likely N-dealkylation sites (tertiary alicyclic amines) is 1. The van der Waals surface area contributed by atoms with Gasteiger partial charge in [0.25, 0.3) is 0 Å². The highest BCUT2D eigenvalue weighted by Crippen LogP contribution is 2.24. The van der Waals surface area contributed by atoms with Crippen LogP contribution in [0.25, 0.3) is 0 Å². The highest BCUT2D eigenvalue weighted by Gasteiger charge is 2.25. The Hall–Kier alpha value is -1.44. The lowest BCUT2D eigenvalue weighted by atomic mass is 10.0. The largest absolute Gasteiger partial charge is 0.393 e. The van der Waals surface area contributed by atoms with Crippen molar-refractivity contribution in [3.8, 4) is 6.07 Å². The SMILES string of the molecule is N#CC(c1cccc(F)c1)N1CCC(O)CC1. The quantitative estimate of drug-likeness (QED) is 0.849. The van der Waals surface area contributed by atoms with Crippen LogP contribution in [0.1, 0.15) is 24.4 Å². The molecule has 4 heteroatoms. The molecule has 1 aliphatic rings. The normalized spacial score (nSPS) is 19.8. The number of piperidine rings is 1. The zero-order valence-electron chi connectivity index (χ0n) is 9.51. The molecule has 17 heavy (non-hydrogen) atoms. The third kappa shape index (κ3) is 2.82. The average Bonchev–Trinajstić information content (AvgIpc) is 2.33. The molecule has 1 unspecified atom stereocenters. The van der Waals surface area contributed by atoms with Gasteiger partial charge in [0.05, 0.1) is 12.2 Å². The van der Waals surface area contributed by atoms with Crippen molar-refractivity contribution in [2.24, 2.45) is 0 Å². The van der Waals surface area contributed by atoms with Crippen molar-refractivity contribution in [3.63, 3.8) is 0 Å². The Bertz CT molecular complexity index is 422. The van der Waals surface area contributed by atoms with Gasteiger partial charge in [0, 0.05) is 13.1 Å². The van der Waals surface area contributed by atoms with Gasteiger partial charge in [-0.05, 0) is 30.5 Å². The Labute approximate surface area is 100 Å². The number of hydrogen-bond donors (Lipinski definition) is 1. The highest BCUT2D eigenvalue weighted by molar-refractivity contribution is 5.25. The van der Waals surface area contributed by atoms with Crippen molar-refractivity contribution in [1.82, 2.24) is 4.90 Å². The summed E-state index contributed by atoms with van der Waals surface area (Å²) in [6, 6.07) is 7.95. The molecule has 1 aromatic rings. The van der Waals surface area contributed by atoms with Gasteiger partial charge in [0.1, 0.15) is 11.9 Å². The van der Waals surface area contributed by atoms with E-state index in [1.165, 1.54) is 12.1 Å². The molecule has 0 aromatic heterocycles. The molecule has 1 fully saturated rings. The summed E-state index contributed by atoms with van der Waals surface area (Å²) in [5.41, 5.74) is 0.684. The van der Waals surface area contributed by atoms with E-state index in [9.17, 15) is 14.8 Å². The second-order valence-corrected chi connectivity index (χ2v) is 4.35. The standard InChI is InChI=1S/C13H15FN2O/c14-11-3-1-2-10(8-11)13(9-15)16-6-4-12(17)5-7-16/h1-3,8,12-13,17H,4-7H2. The summed E-state index contributed by atoms with van der Waals surface area (Å²) in [5.74, 6) is -0.320. The monoisotopic (exact) mass is 234 g/mol. The zero-order chi connectivity index (χ0) is 12.3. The zero-order valence-corrected chi connectivity index (χ0v) is 9.51. The molecule has 0 amide bonds. The van der Waals surface area contributed by atoms with E-state index in [4.69, 9.17) is 0 Å². The molecule has 0 aliphatic carbocycles. The molecule has 2 rings (SSSR count).